The summed E-state index contributed by atoms with van der Waals surface area (Å²) >= 11 is 3.38. The van der Waals surface area contributed by atoms with Crippen molar-refractivity contribution in [1.29, 1.82) is 0 Å². The van der Waals surface area contributed by atoms with Crippen LogP contribution < -0.4 is 10.5 Å². The maximum Gasteiger partial charge on any atom is 0.120 e. The summed E-state index contributed by atoms with van der Waals surface area (Å²) in [6.07, 6.45) is 3.54. The highest BCUT2D eigenvalue weighted by Crippen LogP contribution is 2.16. The zero-order chi connectivity index (χ0) is 12.1. The van der Waals surface area contributed by atoms with E-state index < -0.39 is 0 Å². The maximum absolute atomic E-state index is 5.67. The first-order valence-corrected chi connectivity index (χ1v) is 6.08. The largest absolute Gasteiger partial charge is 0.489 e. The smallest absolute Gasteiger partial charge is 0.120 e. The molecule has 0 aliphatic heterocycles. The van der Waals surface area contributed by atoms with Crippen LogP contribution in [0.5, 0.6) is 5.75 Å². The van der Waals surface area contributed by atoms with E-state index in [0.29, 0.717) is 13.2 Å². The molecule has 0 saturated heterocycles. The van der Waals surface area contributed by atoms with Crippen molar-refractivity contribution >= 4 is 15.9 Å². The number of nitrogens with zero attached hydrogens (tertiary/aromatic N) is 1. The monoisotopic (exact) mass is 292 g/mol. The van der Waals surface area contributed by atoms with E-state index in [9.17, 15) is 0 Å². The van der Waals surface area contributed by atoms with Gasteiger partial charge in [-0.15, -0.1) is 0 Å². The summed E-state index contributed by atoms with van der Waals surface area (Å²) in [6.45, 7) is 1.02. The molecule has 0 spiro atoms. The van der Waals surface area contributed by atoms with Crippen LogP contribution in [-0.2, 0) is 13.2 Å². The summed E-state index contributed by atoms with van der Waals surface area (Å²) in [4.78, 5) is 4.08. The Morgan fingerprint density at radius 1 is 1.18 bits per heavy atom. The van der Waals surface area contributed by atoms with Crippen molar-refractivity contribution in [2.75, 3.05) is 0 Å². The minimum Gasteiger partial charge on any atom is -0.489 e. The van der Waals surface area contributed by atoms with E-state index in [1.807, 2.05) is 30.3 Å². The van der Waals surface area contributed by atoms with Crippen LogP contribution in [0, 0.1) is 0 Å². The van der Waals surface area contributed by atoms with Gasteiger partial charge in [0.05, 0.1) is 0 Å². The number of hydrogen-bond acceptors (Lipinski definition) is 3. The van der Waals surface area contributed by atoms with Crippen molar-refractivity contribution in [1.82, 2.24) is 4.98 Å². The van der Waals surface area contributed by atoms with E-state index in [1.54, 1.807) is 12.4 Å². The molecular formula is C13H13BrN2O. The van der Waals surface area contributed by atoms with Crippen LogP contribution in [0.15, 0.2) is 47.2 Å². The van der Waals surface area contributed by atoms with Crippen LogP contribution >= 0.6 is 15.9 Å². The summed E-state index contributed by atoms with van der Waals surface area (Å²) < 4.78 is 6.63. The molecule has 1 heterocycles. The second kappa shape index (κ2) is 5.80. The maximum atomic E-state index is 5.67. The minimum atomic E-state index is 0.500. The molecule has 3 nitrogen and oxygen atoms in total. The van der Waals surface area contributed by atoms with Crippen molar-refractivity contribution < 1.29 is 4.74 Å². The molecule has 0 unspecified atom stereocenters. The molecule has 1 aromatic carbocycles. The van der Waals surface area contributed by atoms with Crippen molar-refractivity contribution in [3.63, 3.8) is 0 Å². The Labute approximate surface area is 109 Å². The van der Waals surface area contributed by atoms with E-state index in [0.717, 1.165) is 21.3 Å². The van der Waals surface area contributed by atoms with Gasteiger partial charge < -0.3 is 10.5 Å². The van der Waals surface area contributed by atoms with E-state index in [2.05, 4.69) is 20.9 Å². The third kappa shape index (κ3) is 3.54. The van der Waals surface area contributed by atoms with Crippen LogP contribution in [-0.4, -0.2) is 4.98 Å². The molecule has 0 aliphatic carbocycles. The molecule has 88 valence electrons. The lowest BCUT2D eigenvalue weighted by Crippen LogP contribution is -1.99. The summed E-state index contributed by atoms with van der Waals surface area (Å²) in [5.74, 6) is 0.827. The lowest BCUT2D eigenvalue weighted by Gasteiger charge is -2.07. The molecule has 0 aliphatic rings. The van der Waals surface area contributed by atoms with Crippen molar-refractivity contribution in [3.8, 4) is 5.75 Å². The predicted octanol–water partition coefficient (Wildman–Crippen LogP) is 2.88. The fourth-order valence-electron chi connectivity index (χ4n) is 1.46. The molecule has 2 aromatic rings. The lowest BCUT2D eigenvalue weighted by molar-refractivity contribution is 0.305. The van der Waals surface area contributed by atoms with Gasteiger partial charge in [0.2, 0.25) is 0 Å². The Bertz CT molecular complexity index is 502. The molecule has 0 saturated carbocycles. The topological polar surface area (TPSA) is 48.1 Å². The number of rotatable bonds is 4. The molecule has 0 fully saturated rings. The highest BCUT2D eigenvalue weighted by atomic mass is 79.9. The number of benzene rings is 1. The van der Waals surface area contributed by atoms with Gasteiger partial charge >= 0.3 is 0 Å². The molecule has 4 heteroatoms. The van der Waals surface area contributed by atoms with Gasteiger partial charge in [0, 0.05) is 29.0 Å². The van der Waals surface area contributed by atoms with Gasteiger partial charge in [0.1, 0.15) is 12.4 Å². The Morgan fingerprint density at radius 3 is 2.82 bits per heavy atom. The second-order valence-corrected chi connectivity index (χ2v) is 4.57. The Balaban J connectivity index is 2.02. The second-order valence-electron chi connectivity index (χ2n) is 3.65. The number of nitrogens with two attached hydrogens (primary N) is 1. The molecule has 0 bridgehead atoms. The van der Waals surface area contributed by atoms with Crippen LogP contribution in [0.25, 0.3) is 0 Å². The van der Waals surface area contributed by atoms with E-state index in [4.69, 9.17) is 10.5 Å². The van der Waals surface area contributed by atoms with Crippen LogP contribution in [0.4, 0.5) is 0 Å². The van der Waals surface area contributed by atoms with E-state index in [-0.39, 0.29) is 0 Å². The highest BCUT2D eigenvalue weighted by molar-refractivity contribution is 9.10. The van der Waals surface area contributed by atoms with E-state index >= 15 is 0 Å². The quantitative estimate of drug-likeness (QED) is 0.943. The zero-order valence-electron chi connectivity index (χ0n) is 9.27. The Hall–Kier alpha value is -1.39. The SMILES string of the molecule is NCc1cccc(OCc2cncc(Br)c2)c1. The summed E-state index contributed by atoms with van der Waals surface area (Å²) in [7, 11) is 0. The molecule has 0 amide bonds. The standard InChI is InChI=1S/C13H13BrN2O/c14-12-4-11(7-16-8-12)9-17-13-3-1-2-10(5-13)6-15/h1-5,7-8H,6,9,15H2. The lowest BCUT2D eigenvalue weighted by atomic mass is 10.2. The minimum absolute atomic E-state index is 0.500. The third-order valence-corrected chi connectivity index (χ3v) is 2.73. The number of halogens is 1. The van der Waals surface area contributed by atoms with Gasteiger partial charge in [-0.05, 0) is 39.7 Å². The molecule has 1 aromatic heterocycles. The van der Waals surface area contributed by atoms with Gasteiger partial charge in [-0.1, -0.05) is 12.1 Å². The average Bonchev–Trinajstić information content (AvgIpc) is 2.37. The molecule has 2 rings (SSSR count). The molecule has 2 N–H and O–H groups in total. The van der Waals surface area contributed by atoms with Crippen LogP contribution in [0.1, 0.15) is 11.1 Å². The Morgan fingerprint density at radius 2 is 2.06 bits per heavy atom. The highest BCUT2D eigenvalue weighted by Gasteiger charge is 1.98. The van der Waals surface area contributed by atoms with E-state index in [1.165, 1.54) is 0 Å². The first-order valence-electron chi connectivity index (χ1n) is 5.29. The molecule has 17 heavy (non-hydrogen) atoms. The fourth-order valence-corrected chi connectivity index (χ4v) is 1.88. The van der Waals surface area contributed by atoms with Crippen LogP contribution in [0.2, 0.25) is 0 Å². The average molecular weight is 293 g/mol. The number of pyridine rings is 1. The third-order valence-electron chi connectivity index (χ3n) is 2.30. The summed E-state index contributed by atoms with van der Waals surface area (Å²) in [5.41, 5.74) is 7.66. The molecule has 0 radical (unpaired) electrons. The molecular weight excluding hydrogens is 280 g/mol. The number of ether oxygens (including phenoxy) is 1. The fraction of sp³-hybridized carbons (Fsp3) is 0.154. The van der Waals surface area contributed by atoms with Crippen LogP contribution in [0.3, 0.4) is 0 Å². The summed E-state index contributed by atoms with van der Waals surface area (Å²) in [6, 6.07) is 9.78. The predicted molar refractivity (Wildman–Crippen MR) is 70.6 cm³/mol. The van der Waals surface area contributed by atoms with Crippen molar-refractivity contribution in [2.24, 2.45) is 5.73 Å². The van der Waals surface area contributed by atoms with Crippen molar-refractivity contribution in [2.45, 2.75) is 13.2 Å². The summed E-state index contributed by atoms with van der Waals surface area (Å²) in [5, 5.41) is 0. The normalized spacial score (nSPS) is 10.2. The number of aromatic nitrogens is 1. The van der Waals surface area contributed by atoms with Gasteiger partial charge in [-0.2, -0.15) is 0 Å². The van der Waals surface area contributed by atoms with Gasteiger partial charge in [-0.25, -0.2) is 0 Å². The first kappa shape index (κ1) is 12.1. The van der Waals surface area contributed by atoms with Crippen molar-refractivity contribution in [3.05, 3.63) is 58.3 Å². The van der Waals surface area contributed by atoms with Gasteiger partial charge in [0.15, 0.2) is 0 Å². The molecule has 0 atom stereocenters. The first-order chi connectivity index (χ1) is 8.28. The van der Waals surface area contributed by atoms with Gasteiger partial charge in [0.25, 0.3) is 0 Å². The van der Waals surface area contributed by atoms with Gasteiger partial charge in [-0.3, -0.25) is 4.98 Å². The zero-order valence-corrected chi connectivity index (χ0v) is 10.9. The Kier molecular flexibility index (Phi) is 4.12. The number of hydrogen-bond donors (Lipinski definition) is 1.